The number of nitrogens with one attached hydrogen (secondary N) is 2. The van der Waals surface area contributed by atoms with Gasteiger partial charge in [-0.15, -0.1) is 0 Å². The van der Waals surface area contributed by atoms with E-state index in [0.29, 0.717) is 0 Å². The van der Waals surface area contributed by atoms with Gasteiger partial charge in [-0.3, -0.25) is 5.32 Å². The number of hydrogen-bond acceptors (Lipinski definition) is 4. The van der Waals surface area contributed by atoms with E-state index >= 15 is 0 Å². The molecule has 2 heterocycles. The van der Waals surface area contributed by atoms with Gasteiger partial charge in [-0.05, 0) is 12.1 Å². The minimum absolute atomic E-state index is 0.185. The molecule has 78 valence electrons. The molecule has 14 heavy (non-hydrogen) atoms. The Morgan fingerprint density at radius 3 is 2.57 bits per heavy atom. The molecular weight excluding hydrogens is 184 g/mol. The van der Waals surface area contributed by atoms with Gasteiger partial charge >= 0.3 is 0 Å². The van der Waals surface area contributed by atoms with Gasteiger partial charge in [0.05, 0.1) is 24.8 Å². The Bertz CT molecular complexity index is 288. The zero-order chi connectivity index (χ0) is 10.1. The topological polar surface area (TPSA) is 88.5 Å². The maximum atomic E-state index is 9.69. The van der Waals surface area contributed by atoms with Crippen molar-refractivity contribution in [3.05, 3.63) is 24.0 Å². The van der Waals surface area contributed by atoms with E-state index in [4.69, 9.17) is 5.11 Å². The molecule has 0 spiro atoms. The normalized spacial score (nSPS) is 37.6. The number of aliphatic hydroxyl groups is 3. The fourth-order valence-electron chi connectivity index (χ4n) is 1.84. The lowest BCUT2D eigenvalue weighted by atomic mass is 10.1. The second-order valence-corrected chi connectivity index (χ2v) is 3.54. The molecule has 1 fully saturated rings. The molecule has 1 saturated heterocycles. The third-order valence-electron chi connectivity index (χ3n) is 2.65. The molecule has 0 amide bonds. The summed E-state index contributed by atoms with van der Waals surface area (Å²) in [5, 5.41) is 31.1. The first-order valence-electron chi connectivity index (χ1n) is 4.60. The Kier molecular flexibility index (Phi) is 2.56. The van der Waals surface area contributed by atoms with E-state index in [0.717, 1.165) is 5.69 Å². The Morgan fingerprint density at radius 2 is 2.07 bits per heavy atom. The van der Waals surface area contributed by atoms with Crippen LogP contribution in [0.1, 0.15) is 11.7 Å². The Balaban J connectivity index is 2.16. The zero-order valence-electron chi connectivity index (χ0n) is 7.59. The van der Waals surface area contributed by atoms with Crippen molar-refractivity contribution in [3.63, 3.8) is 0 Å². The highest BCUT2D eigenvalue weighted by Gasteiger charge is 2.41. The first kappa shape index (κ1) is 9.67. The van der Waals surface area contributed by atoms with Crippen molar-refractivity contribution in [1.82, 2.24) is 10.3 Å². The minimum Gasteiger partial charge on any atom is -0.395 e. The quantitative estimate of drug-likeness (QED) is 0.410. The van der Waals surface area contributed by atoms with Crippen LogP contribution in [0, 0.1) is 0 Å². The van der Waals surface area contributed by atoms with Gasteiger partial charge in [0.25, 0.3) is 0 Å². The van der Waals surface area contributed by atoms with Crippen LogP contribution < -0.4 is 5.32 Å². The summed E-state index contributed by atoms with van der Waals surface area (Å²) < 4.78 is 0. The van der Waals surface area contributed by atoms with Crippen molar-refractivity contribution in [2.24, 2.45) is 0 Å². The summed E-state index contributed by atoms with van der Waals surface area (Å²) in [5.74, 6) is 0. The van der Waals surface area contributed by atoms with E-state index in [9.17, 15) is 10.2 Å². The summed E-state index contributed by atoms with van der Waals surface area (Å²) >= 11 is 0. The highest BCUT2D eigenvalue weighted by Crippen LogP contribution is 2.26. The van der Waals surface area contributed by atoms with E-state index in [-0.39, 0.29) is 12.6 Å². The fourth-order valence-corrected chi connectivity index (χ4v) is 1.84. The van der Waals surface area contributed by atoms with E-state index in [1.807, 2.05) is 12.1 Å². The monoisotopic (exact) mass is 198 g/mol. The molecule has 1 aliphatic rings. The SMILES string of the molecule is OC[C@@H]1N[C@@H](c2ccc[nH]2)[C@H](O)[C@H]1O. The molecule has 0 unspecified atom stereocenters. The van der Waals surface area contributed by atoms with Gasteiger partial charge in [-0.25, -0.2) is 0 Å². The molecule has 0 saturated carbocycles. The van der Waals surface area contributed by atoms with Crippen molar-refractivity contribution in [2.75, 3.05) is 6.61 Å². The molecule has 1 aromatic heterocycles. The molecule has 0 aliphatic carbocycles. The molecule has 1 aromatic rings. The third-order valence-corrected chi connectivity index (χ3v) is 2.65. The van der Waals surface area contributed by atoms with Crippen LogP contribution >= 0.6 is 0 Å². The van der Waals surface area contributed by atoms with Gasteiger partial charge in [0.2, 0.25) is 0 Å². The Labute approximate surface area is 81.4 Å². The highest BCUT2D eigenvalue weighted by atomic mass is 16.3. The van der Waals surface area contributed by atoms with E-state index in [1.54, 1.807) is 6.20 Å². The van der Waals surface area contributed by atoms with Crippen molar-refractivity contribution in [2.45, 2.75) is 24.3 Å². The number of aliphatic hydroxyl groups excluding tert-OH is 3. The molecule has 5 nitrogen and oxygen atoms in total. The smallest absolute Gasteiger partial charge is 0.102 e. The van der Waals surface area contributed by atoms with E-state index in [2.05, 4.69) is 10.3 Å². The van der Waals surface area contributed by atoms with Gasteiger partial charge in [0, 0.05) is 11.9 Å². The van der Waals surface area contributed by atoms with Crippen molar-refractivity contribution in [3.8, 4) is 0 Å². The lowest BCUT2D eigenvalue weighted by molar-refractivity contribution is 0.0191. The van der Waals surface area contributed by atoms with Crippen LogP contribution in [-0.2, 0) is 0 Å². The number of aromatic amines is 1. The van der Waals surface area contributed by atoms with Crippen LogP contribution in [-0.4, -0.2) is 45.2 Å². The molecule has 5 N–H and O–H groups in total. The van der Waals surface area contributed by atoms with Crippen LogP contribution in [0.25, 0.3) is 0 Å². The number of hydrogen-bond donors (Lipinski definition) is 5. The maximum Gasteiger partial charge on any atom is 0.102 e. The fraction of sp³-hybridized carbons (Fsp3) is 0.556. The zero-order valence-corrected chi connectivity index (χ0v) is 7.59. The molecule has 4 atom stereocenters. The van der Waals surface area contributed by atoms with Crippen LogP contribution in [0.4, 0.5) is 0 Å². The molecular formula is C9H14N2O3. The Hall–Kier alpha value is -0.880. The minimum atomic E-state index is -0.923. The summed E-state index contributed by atoms with van der Waals surface area (Å²) in [6.07, 6.45) is -0.0540. The maximum absolute atomic E-state index is 9.69. The third kappa shape index (κ3) is 1.44. The molecule has 1 aliphatic heterocycles. The average molecular weight is 198 g/mol. The van der Waals surface area contributed by atoms with Crippen molar-refractivity contribution in [1.29, 1.82) is 0 Å². The Morgan fingerprint density at radius 1 is 1.29 bits per heavy atom. The molecule has 5 heteroatoms. The summed E-state index contributed by atoms with van der Waals surface area (Å²) in [4.78, 5) is 2.96. The van der Waals surface area contributed by atoms with Gasteiger partial charge in [0.15, 0.2) is 0 Å². The average Bonchev–Trinajstić information content (AvgIpc) is 2.78. The van der Waals surface area contributed by atoms with Crippen LogP contribution in [0.3, 0.4) is 0 Å². The predicted octanol–water partition coefficient (Wildman–Crippen LogP) is -1.26. The lowest BCUT2D eigenvalue weighted by Crippen LogP contribution is -2.35. The van der Waals surface area contributed by atoms with Crippen LogP contribution in [0.2, 0.25) is 0 Å². The van der Waals surface area contributed by atoms with Gasteiger partial charge in [-0.1, -0.05) is 0 Å². The first-order valence-corrected chi connectivity index (χ1v) is 4.60. The molecule has 0 aromatic carbocycles. The number of aromatic nitrogens is 1. The second-order valence-electron chi connectivity index (χ2n) is 3.54. The van der Waals surface area contributed by atoms with Crippen LogP contribution in [0.5, 0.6) is 0 Å². The first-order chi connectivity index (χ1) is 6.74. The molecule has 0 bridgehead atoms. The standard InChI is InChI=1S/C9H14N2O3/c12-4-6-8(13)9(14)7(11-6)5-2-1-3-10-5/h1-3,6-14H,4H2/t6-,7-,8-,9-/m0/s1. The van der Waals surface area contributed by atoms with Crippen molar-refractivity contribution >= 4 is 0 Å². The molecule has 0 radical (unpaired) electrons. The lowest BCUT2D eigenvalue weighted by Gasteiger charge is -2.13. The summed E-state index contributed by atoms with van der Waals surface area (Å²) in [6, 6.07) is 2.85. The van der Waals surface area contributed by atoms with Gasteiger partial charge < -0.3 is 20.3 Å². The summed E-state index contributed by atoms with van der Waals surface area (Å²) in [6.45, 7) is -0.185. The van der Waals surface area contributed by atoms with Gasteiger partial charge in [0.1, 0.15) is 6.10 Å². The largest absolute Gasteiger partial charge is 0.395 e. The van der Waals surface area contributed by atoms with Gasteiger partial charge in [-0.2, -0.15) is 0 Å². The molecule has 2 rings (SSSR count). The van der Waals surface area contributed by atoms with Crippen molar-refractivity contribution < 1.29 is 15.3 Å². The number of rotatable bonds is 2. The highest BCUT2D eigenvalue weighted by molar-refractivity contribution is 5.15. The predicted molar refractivity (Wildman–Crippen MR) is 49.6 cm³/mol. The van der Waals surface area contributed by atoms with E-state index in [1.165, 1.54) is 0 Å². The van der Waals surface area contributed by atoms with E-state index < -0.39 is 18.2 Å². The number of H-pyrrole nitrogens is 1. The summed E-state index contributed by atoms with van der Waals surface area (Å²) in [7, 11) is 0. The summed E-state index contributed by atoms with van der Waals surface area (Å²) in [5.41, 5.74) is 0.813. The van der Waals surface area contributed by atoms with Crippen LogP contribution in [0.15, 0.2) is 18.3 Å². The second kappa shape index (κ2) is 3.70.